The van der Waals surface area contributed by atoms with E-state index in [2.05, 4.69) is 24.4 Å². The largest absolute Gasteiger partial charge is 0.496 e. The normalized spacial score (nSPS) is 19.3. The second-order valence-electron chi connectivity index (χ2n) is 4.92. The maximum absolute atomic E-state index is 10.9. The summed E-state index contributed by atoms with van der Waals surface area (Å²) >= 11 is 0. The first kappa shape index (κ1) is 19.7. The minimum Gasteiger partial charge on any atom is -0.496 e. The summed E-state index contributed by atoms with van der Waals surface area (Å²) in [7, 11) is 4.45. The number of nitrogens with one attached hydrogen (secondary N) is 1. The molecular weight excluding hydrogens is 310 g/mol. The van der Waals surface area contributed by atoms with Crippen LogP contribution in [0.3, 0.4) is 0 Å². The molecule has 0 saturated carbocycles. The predicted octanol–water partition coefficient (Wildman–Crippen LogP) is 2.69. The highest BCUT2D eigenvalue weighted by Crippen LogP contribution is 2.23. The van der Waals surface area contributed by atoms with E-state index in [1.165, 1.54) is 33.1 Å². The Morgan fingerprint density at radius 3 is 2.12 bits per heavy atom. The van der Waals surface area contributed by atoms with Crippen molar-refractivity contribution in [1.82, 2.24) is 0 Å². The van der Waals surface area contributed by atoms with E-state index in [4.69, 9.17) is 19.3 Å². The minimum atomic E-state index is -1.04. The molecule has 0 aromatic heterocycles. The lowest BCUT2D eigenvalue weighted by Crippen LogP contribution is -2.31. The summed E-state index contributed by atoms with van der Waals surface area (Å²) in [6.07, 6.45) is 2.35. The molecule has 1 aliphatic carbocycles. The Hall–Kier alpha value is -2.31. The van der Waals surface area contributed by atoms with Crippen LogP contribution in [0.25, 0.3) is 0 Å². The molecule has 0 aliphatic heterocycles. The van der Waals surface area contributed by atoms with E-state index in [1.807, 2.05) is 18.2 Å². The number of aliphatic carboxylic acids is 1. The van der Waals surface area contributed by atoms with Gasteiger partial charge in [0.2, 0.25) is 0 Å². The van der Waals surface area contributed by atoms with Crippen LogP contribution in [0.15, 0.2) is 53.8 Å². The van der Waals surface area contributed by atoms with Crippen molar-refractivity contribution in [2.75, 3.05) is 33.2 Å². The summed E-state index contributed by atoms with van der Waals surface area (Å²) in [5, 5.41) is 12.1. The minimum absolute atomic E-state index is 0.0950. The molecule has 1 aliphatic rings. The molecule has 1 aromatic rings. The highest BCUT2D eigenvalue weighted by atomic mass is 16.5. The smallest absolute Gasteiger partial charge is 0.339 e. The Balaban J connectivity index is 0.000000272. The van der Waals surface area contributed by atoms with Gasteiger partial charge in [0, 0.05) is 26.5 Å². The number of rotatable bonds is 6. The average molecular weight is 335 g/mol. The summed E-state index contributed by atoms with van der Waals surface area (Å²) in [6.45, 7) is 3.08. The molecule has 2 N–H and O–H groups in total. The predicted molar refractivity (Wildman–Crippen MR) is 93.0 cm³/mol. The molecule has 1 aromatic carbocycles. The van der Waals surface area contributed by atoms with Crippen molar-refractivity contribution in [3.05, 3.63) is 53.8 Å². The number of carbonyl (C=O) groups is 1. The number of carboxylic acid groups (broad SMARTS) is 1. The number of methoxy groups -OCH3 is 3. The lowest BCUT2D eigenvalue weighted by molar-refractivity contribution is -0.132. The van der Waals surface area contributed by atoms with Gasteiger partial charge in [0.05, 0.1) is 12.7 Å². The van der Waals surface area contributed by atoms with Crippen molar-refractivity contribution in [3.8, 4) is 0 Å². The van der Waals surface area contributed by atoms with Crippen molar-refractivity contribution in [2.24, 2.45) is 0 Å². The van der Waals surface area contributed by atoms with Gasteiger partial charge in [0.15, 0.2) is 0 Å². The van der Waals surface area contributed by atoms with Crippen LogP contribution in [-0.2, 0) is 19.0 Å². The Morgan fingerprint density at radius 1 is 1.08 bits per heavy atom. The first-order valence-corrected chi connectivity index (χ1v) is 7.63. The van der Waals surface area contributed by atoms with Gasteiger partial charge < -0.3 is 24.6 Å². The first-order valence-electron chi connectivity index (χ1n) is 7.63. The molecule has 2 unspecified atom stereocenters. The number of hydrogen-bond acceptors (Lipinski definition) is 5. The lowest BCUT2D eigenvalue weighted by Gasteiger charge is -2.25. The number of para-hydroxylation sites is 1. The highest BCUT2D eigenvalue weighted by molar-refractivity contribution is 5.91. The standard InChI is InChI=1S/C10H14O5.C8H11N/c1-13-7-5-9(15-3)8(14-2)4-6(7)10(11)12;1-2-9-8-6-4-3-5-7-8/h4-5,8-9H,1-3H3,(H,11,12);3-7,9H,2H2,1H3. The third kappa shape index (κ3) is 5.72. The SMILES string of the molecule is CCNc1ccccc1.COC1=CC(OC)C(OC)C=C1C(=O)O. The fourth-order valence-corrected chi connectivity index (χ4v) is 2.19. The topological polar surface area (TPSA) is 77.0 Å². The van der Waals surface area contributed by atoms with Gasteiger partial charge >= 0.3 is 5.97 Å². The third-order valence-electron chi connectivity index (χ3n) is 3.39. The van der Waals surface area contributed by atoms with Crippen LogP contribution >= 0.6 is 0 Å². The zero-order chi connectivity index (χ0) is 17.9. The van der Waals surface area contributed by atoms with Crippen molar-refractivity contribution in [3.63, 3.8) is 0 Å². The maximum atomic E-state index is 10.9. The van der Waals surface area contributed by atoms with E-state index in [0.717, 1.165) is 6.54 Å². The molecule has 0 amide bonds. The van der Waals surface area contributed by atoms with Crippen LogP contribution < -0.4 is 5.32 Å². The molecule has 0 saturated heterocycles. The molecule has 6 heteroatoms. The highest BCUT2D eigenvalue weighted by Gasteiger charge is 2.28. The van der Waals surface area contributed by atoms with E-state index in [9.17, 15) is 4.79 Å². The molecule has 0 radical (unpaired) electrons. The Kier molecular flexibility index (Phi) is 8.60. The number of ether oxygens (including phenoxy) is 3. The Morgan fingerprint density at radius 2 is 1.67 bits per heavy atom. The quantitative estimate of drug-likeness (QED) is 0.832. The number of anilines is 1. The van der Waals surface area contributed by atoms with Crippen LogP contribution in [0, 0.1) is 0 Å². The van der Waals surface area contributed by atoms with Crippen molar-refractivity contribution < 1.29 is 24.1 Å². The molecule has 0 heterocycles. The molecule has 0 bridgehead atoms. The molecule has 2 atom stereocenters. The molecule has 0 fully saturated rings. The number of benzene rings is 1. The van der Waals surface area contributed by atoms with Crippen LogP contribution in [0.4, 0.5) is 5.69 Å². The van der Waals surface area contributed by atoms with Crippen molar-refractivity contribution in [2.45, 2.75) is 19.1 Å². The lowest BCUT2D eigenvalue weighted by atomic mass is 10.0. The van der Waals surface area contributed by atoms with Gasteiger partial charge in [0.1, 0.15) is 18.0 Å². The van der Waals surface area contributed by atoms with E-state index in [0.29, 0.717) is 5.76 Å². The van der Waals surface area contributed by atoms with E-state index >= 15 is 0 Å². The van der Waals surface area contributed by atoms with Gasteiger partial charge in [-0.15, -0.1) is 0 Å². The number of hydrogen-bond donors (Lipinski definition) is 2. The van der Waals surface area contributed by atoms with Gasteiger partial charge in [-0.05, 0) is 31.2 Å². The fraction of sp³-hybridized carbons (Fsp3) is 0.389. The Bertz CT molecular complexity index is 568. The maximum Gasteiger partial charge on any atom is 0.339 e. The fourth-order valence-electron chi connectivity index (χ4n) is 2.19. The van der Waals surface area contributed by atoms with E-state index < -0.39 is 12.1 Å². The van der Waals surface area contributed by atoms with Gasteiger partial charge in [-0.3, -0.25) is 0 Å². The van der Waals surface area contributed by atoms with Crippen LogP contribution in [0.5, 0.6) is 0 Å². The molecule has 2 rings (SSSR count). The molecule has 132 valence electrons. The first-order chi connectivity index (χ1) is 11.6. The summed E-state index contributed by atoms with van der Waals surface area (Å²) in [5.74, 6) is -0.748. The monoisotopic (exact) mass is 335 g/mol. The van der Waals surface area contributed by atoms with E-state index in [-0.39, 0.29) is 11.7 Å². The number of carboxylic acids is 1. The average Bonchev–Trinajstić information content (AvgIpc) is 2.62. The second-order valence-corrected chi connectivity index (χ2v) is 4.92. The summed E-state index contributed by atoms with van der Waals surface area (Å²) in [5.41, 5.74) is 1.29. The molecular formula is C18H25NO5. The van der Waals surface area contributed by atoms with Gasteiger partial charge in [0.25, 0.3) is 0 Å². The molecule has 24 heavy (non-hydrogen) atoms. The van der Waals surface area contributed by atoms with Crippen LogP contribution in [-0.4, -0.2) is 51.2 Å². The van der Waals surface area contributed by atoms with Crippen molar-refractivity contribution >= 4 is 11.7 Å². The van der Waals surface area contributed by atoms with Crippen LogP contribution in [0.2, 0.25) is 0 Å². The van der Waals surface area contributed by atoms with Gasteiger partial charge in [-0.2, -0.15) is 0 Å². The summed E-state index contributed by atoms with van der Waals surface area (Å²) < 4.78 is 15.2. The summed E-state index contributed by atoms with van der Waals surface area (Å²) in [4.78, 5) is 10.9. The summed E-state index contributed by atoms with van der Waals surface area (Å²) in [6, 6.07) is 10.2. The molecule has 0 spiro atoms. The van der Waals surface area contributed by atoms with E-state index in [1.54, 1.807) is 6.08 Å². The van der Waals surface area contributed by atoms with Gasteiger partial charge in [-0.1, -0.05) is 18.2 Å². The zero-order valence-electron chi connectivity index (χ0n) is 14.5. The molecule has 6 nitrogen and oxygen atoms in total. The van der Waals surface area contributed by atoms with Crippen LogP contribution in [0.1, 0.15) is 6.92 Å². The van der Waals surface area contributed by atoms with Crippen molar-refractivity contribution in [1.29, 1.82) is 0 Å². The second kappa shape index (κ2) is 10.5. The zero-order valence-corrected chi connectivity index (χ0v) is 14.5. The third-order valence-corrected chi connectivity index (χ3v) is 3.39. The van der Waals surface area contributed by atoms with Gasteiger partial charge in [-0.25, -0.2) is 4.79 Å². The Labute approximate surface area is 142 Å².